The Labute approximate surface area is 109 Å². The Balaban J connectivity index is 2.13. The Kier molecular flexibility index (Phi) is 7.55. The van der Waals surface area contributed by atoms with Crippen molar-refractivity contribution < 1.29 is 9.47 Å². The van der Waals surface area contributed by atoms with E-state index in [1.165, 1.54) is 0 Å². The highest BCUT2D eigenvalue weighted by molar-refractivity contribution is 4.80. The lowest BCUT2D eigenvalue weighted by molar-refractivity contribution is 0.101. The minimum Gasteiger partial charge on any atom is -0.383 e. The van der Waals surface area contributed by atoms with E-state index in [2.05, 4.69) is 29.2 Å². The van der Waals surface area contributed by atoms with Gasteiger partial charge in [-0.2, -0.15) is 5.10 Å². The van der Waals surface area contributed by atoms with Crippen LogP contribution in [0.5, 0.6) is 0 Å². The highest BCUT2D eigenvalue weighted by Gasteiger charge is 2.00. The van der Waals surface area contributed by atoms with Crippen molar-refractivity contribution in [2.75, 3.05) is 33.5 Å². The molecule has 0 aromatic carbocycles. The second-order valence-corrected chi connectivity index (χ2v) is 4.56. The molecule has 0 unspecified atom stereocenters. The van der Waals surface area contributed by atoms with Gasteiger partial charge in [-0.15, -0.1) is 0 Å². The minimum absolute atomic E-state index is 0.571. The zero-order valence-corrected chi connectivity index (χ0v) is 11.6. The summed E-state index contributed by atoms with van der Waals surface area (Å²) < 4.78 is 12.3. The third-order valence-electron chi connectivity index (χ3n) is 2.27. The van der Waals surface area contributed by atoms with E-state index in [1.54, 1.807) is 13.4 Å². The topological polar surface area (TPSA) is 61.2 Å². The molecular formula is C12H24N4O2. The molecule has 0 fully saturated rings. The Bertz CT molecular complexity index is 315. The van der Waals surface area contributed by atoms with E-state index < -0.39 is 0 Å². The molecule has 0 aliphatic rings. The van der Waals surface area contributed by atoms with Gasteiger partial charge in [-0.3, -0.25) is 4.68 Å². The molecule has 1 aromatic heterocycles. The first-order valence-corrected chi connectivity index (χ1v) is 6.38. The Hall–Kier alpha value is -0.980. The predicted octanol–water partition coefficient (Wildman–Crippen LogP) is 0.687. The van der Waals surface area contributed by atoms with Crippen LogP contribution in [0.25, 0.3) is 0 Å². The number of nitrogens with zero attached hydrogens (tertiary/aromatic N) is 3. The number of rotatable bonds is 10. The maximum atomic E-state index is 5.50. The monoisotopic (exact) mass is 256 g/mol. The van der Waals surface area contributed by atoms with Gasteiger partial charge in [0.05, 0.1) is 26.3 Å². The number of hydrogen-bond donors (Lipinski definition) is 1. The molecule has 0 saturated heterocycles. The van der Waals surface area contributed by atoms with Gasteiger partial charge in [0, 0.05) is 20.3 Å². The zero-order valence-electron chi connectivity index (χ0n) is 11.6. The van der Waals surface area contributed by atoms with E-state index in [0.717, 1.165) is 25.5 Å². The molecule has 0 aliphatic carbocycles. The Morgan fingerprint density at radius 3 is 2.94 bits per heavy atom. The van der Waals surface area contributed by atoms with Crippen molar-refractivity contribution in [3.63, 3.8) is 0 Å². The van der Waals surface area contributed by atoms with Crippen molar-refractivity contribution in [3.05, 3.63) is 12.2 Å². The molecule has 6 nitrogen and oxygen atoms in total. The smallest absolute Gasteiger partial charge is 0.164 e. The number of ether oxygens (including phenoxy) is 2. The molecule has 1 aromatic rings. The molecule has 0 aliphatic heterocycles. The van der Waals surface area contributed by atoms with Crippen molar-refractivity contribution in [1.29, 1.82) is 0 Å². The molecule has 6 heteroatoms. The summed E-state index contributed by atoms with van der Waals surface area (Å²) >= 11 is 0. The van der Waals surface area contributed by atoms with Gasteiger partial charge < -0.3 is 14.8 Å². The lowest BCUT2D eigenvalue weighted by Crippen LogP contribution is -2.19. The van der Waals surface area contributed by atoms with Crippen molar-refractivity contribution in [1.82, 2.24) is 20.1 Å². The molecule has 18 heavy (non-hydrogen) atoms. The zero-order chi connectivity index (χ0) is 13.2. The van der Waals surface area contributed by atoms with Gasteiger partial charge in [0.2, 0.25) is 0 Å². The van der Waals surface area contributed by atoms with Gasteiger partial charge in [0.15, 0.2) is 5.82 Å². The standard InChI is InChI=1S/C12H24N4O2/c1-11(2)9-18-7-5-16-10-14-12(15-16)8-13-4-6-17-3/h10-11,13H,4-9H2,1-3H3. The number of hydrogen-bond acceptors (Lipinski definition) is 5. The lowest BCUT2D eigenvalue weighted by atomic mass is 10.2. The van der Waals surface area contributed by atoms with E-state index in [0.29, 0.717) is 25.7 Å². The van der Waals surface area contributed by atoms with Crippen molar-refractivity contribution in [3.8, 4) is 0 Å². The van der Waals surface area contributed by atoms with Crippen LogP contribution < -0.4 is 5.32 Å². The summed E-state index contributed by atoms with van der Waals surface area (Å²) in [5, 5.41) is 7.55. The van der Waals surface area contributed by atoms with Crippen molar-refractivity contribution in [2.24, 2.45) is 5.92 Å². The van der Waals surface area contributed by atoms with Crippen LogP contribution in [-0.2, 0) is 22.6 Å². The summed E-state index contributed by atoms with van der Waals surface area (Å²) in [5.74, 6) is 1.37. The molecule has 104 valence electrons. The van der Waals surface area contributed by atoms with E-state index in [-0.39, 0.29) is 0 Å². The molecule has 1 N–H and O–H groups in total. The van der Waals surface area contributed by atoms with Crippen molar-refractivity contribution in [2.45, 2.75) is 26.9 Å². The first kappa shape index (κ1) is 15.1. The van der Waals surface area contributed by atoms with E-state index >= 15 is 0 Å². The molecule has 0 bridgehead atoms. The maximum Gasteiger partial charge on any atom is 0.164 e. The number of methoxy groups -OCH3 is 1. The summed E-state index contributed by atoms with van der Waals surface area (Å²) in [6.07, 6.45) is 1.74. The van der Waals surface area contributed by atoms with Crippen LogP contribution in [0.3, 0.4) is 0 Å². The third kappa shape index (κ3) is 6.68. The molecule has 1 rings (SSSR count). The second-order valence-electron chi connectivity index (χ2n) is 4.56. The fraction of sp³-hybridized carbons (Fsp3) is 0.833. The number of nitrogens with one attached hydrogen (secondary N) is 1. The van der Waals surface area contributed by atoms with Crippen LogP contribution >= 0.6 is 0 Å². The van der Waals surface area contributed by atoms with E-state index in [1.807, 2.05) is 4.68 Å². The van der Waals surface area contributed by atoms with Crippen LogP contribution in [0.15, 0.2) is 6.33 Å². The van der Waals surface area contributed by atoms with Crippen LogP contribution in [0.4, 0.5) is 0 Å². The van der Waals surface area contributed by atoms with Crippen LogP contribution in [-0.4, -0.2) is 48.2 Å². The molecule has 0 atom stereocenters. The largest absolute Gasteiger partial charge is 0.383 e. The average Bonchev–Trinajstić information content (AvgIpc) is 2.78. The summed E-state index contributed by atoms with van der Waals surface area (Å²) in [7, 11) is 1.69. The summed E-state index contributed by atoms with van der Waals surface area (Å²) in [5.41, 5.74) is 0. The normalized spacial score (nSPS) is 11.3. The van der Waals surface area contributed by atoms with Crippen LogP contribution in [0, 0.1) is 5.92 Å². The fourth-order valence-corrected chi connectivity index (χ4v) is 1.37. The van der Waals surface area contributed by atoms with Gasteiger partial charge in [-0.05, 0) is 5.92 Å². The number of aromatic nitrogens is 3. The summed E-state index contributed by atoms with van der Waals surface area (Å²) in [6.45, 7) is 8.67. The molecule has 0 saturated carbocycles. The molecule has 0 radical (unpaired) electrons. The van der Waals surface area contributed by atoms with E-state index in [9.17, 15) is 0 Å². The molecular weight excluding hydrogens is 232 g/mol. The first-order chi connectivity index (χ1) is 8.72. The van der Waals surface area contributed by atoms with Crippen LogP contribution in [0.1, 0.15) is 19.7 Å². The highest BCUT2D eigenvalue weighted by Crippen LogP contribution is 1.94. The molecule has 0 amide bonds. The van der Waals surface area contributed by atoms with Crippen LogP contribution in [0.2, 0.25) is 0 Å². The molecule has 0 spiro atoms. The van der Waals surface area contributed by atoms with Gasteiger partial charge >= 0.3 is 0 Å². The highest BCUT2D eigenvalue weighted by atomic mass is 16.5. The molecule has 1 heterocycles. The third-order valence-corrected chi connectivity index (χ3v) is 2.27. The predicted molar refractivity (Wildman–Crippen MR) is 69.3 cm³/mol. The minimum atomic E-state index is 0.571. The Morgan fingerprint density at radius 1 is 1.39 bits per heavy atom. The fourth-order valence-electron chi connectivity index (χ4n) is 1.37. The second kappa shape index (κ2) is 9.02. The van der Waals surface area contributed by atoms with E-state index in [4.69, 9.17) is 9.47 Å². The Morgan fingerprint density at radius 2 is 2.22 bits per heavy atom. The lowest BCUT2D eigenvalue weighted by Gasteiger charge is -2.06. The van der Waals surface area contributed by atoms with Crippen molar-refractivity contribution >= 4 is 0 Å². The van der Waals surface area contributed by atoms with Gasteiger partial charge in [-0.1, -0.05) is 13.8 Å². The summed E-state index contributed by atoms with van der Waals surface area (Å²) in [4.78, 5) is 4.22. The average molecular weight is 256 g/mol. The summed E-state index contributed by atoms with van der Waals surface area (Å²) in [6, 6.07) is 0. The van der Waals surface area contributed by atoms with Gasteiger partial charge in [-0.25, -0.2) is 4.98 Å². The van der Waals surface area contributed by atoms with Gasteiger partial charge in [0.25, 0.3) is 0 Å². The van der Waals surface area contributed by atoms with Gasteiger partial charge in [0.1, 0.15) is 6.33 Å². The maximum absolute atomic E-state index is 5.50. The SMILES string of the molecule is COCCNCc1ncn(CCOCC(C)C)n1. The quantitative estimate of drug-likeness (QED) is 0.624. The first-order valence-electron chi connectivity index (χ1n) is 6.38.